The maximum atomic E-state index is 12.0. The van der Waals surface area contributed by atoms with Crippen LogP contribution in [0.2, 0.25) is 0 Å². The Bertz CT molecular complexity index is 711. The number of aromatic carboxylic acids is 1. The van der Waals surface area contributed by atoms with Crippen molar-refractivity contribution in [2.45, 2.75) is 13.8 Å². The highest BCUT2D eigenvalue weighted by Crippen LogP contribution is 2.18. The molecule has 0 bridgehead atoms. The van der Waals surface area contributed by atoms with Crippen molar-refractivity contribution in [2.75, 3.05) is 17.2 Å². The van der Waals surface area contributed by atoms with Crippen molar-refractivity contribution in [3.63, 3.8) is 0 Å². The predicted molar refractivity (Wildman–Crippen MR) is 86.4 cm³/mol. The smallest absolute Gasteiger partial charge is 0.337 e. The molecule has 0 radical (unpaired) electrons. The van der Waals surface area contributed by atoms with Crippen LogP contribution < -0.4 is 10.6 Å². The van der Waals surface area contributed by atoms with Crippen LogP contribution in [0.3, 0.4) is 0 Å². The lowest BCUT2D eigenvalue weighted by atomic mass is 10.1. The number of amides is 1. The molecule has 0 saturated carbocycles. The summed E-state index contributed by atoms with van der Waals surface area (Å²) in [5.41, 5.74) is 3.48. The topological polar surface area (TPSA) is 78.4 Å². The summed E-state index contributed by atoms with van der Waals surface area (Å²) in [5.74, 6) is -1.37. The van der Waals surface area contributed by atoms with Gasteiger partial charge in [0, 0.05) is 5.69 Å². The van der Waals surface area contributed by atoms with Crippen LogP contribution >= 0.6 is 0 Å². The molecule has 5 heteroatoms. The summed E-state index contributed by atoms with van der Waals surface area (Å²) < 4.78 is 0. The highest BCUT2D eigenvalue weighted by atomic mass is 16.4. The molecule has 114 valence electrons. The van der Waals surface area contributed by atoms with Crippen molar-refractivity contribution >= 4 is 23.3 Å². The first kappa shape index (κ1) is 15.6. The molecular formula is C17H18N2O3. The van der Waals surface area contributed by atoms with Gasteiger partial charge in [0.2, 0.25) is 5.91 Å². The van der Waals surface area contributed by atoms with Crippen LogP contribution in [0.4, 0.5) is 11.4 Å². The number of para-hydroxylation sites is 1. The number of carboxylic acid groups (broad SMARTS) is 1. The second kappa shape index (κ2) is 6.76. The molecule has 0 unspecified atom stereocenters. The number of benzene rings is 2. The average Bonchev–Trinajstić information content (AvgIpc) is 2.49. The molecule has 0 aliphatic heterocycles. The lowest BCUT2D eigenvalue weighted by Gasteiger charge is -2.12. The van der Waals surface area contributed by atoms with Crippen LogP contribution in [-0.4, -0.2) is 23.5 Å². The fraction of sp³-hybridized carbons (Fsp3) is 0.176. The Labute approximate surface area is 129 Å². The van der Waals surface area contributed by atoms with Gasteiger partial charge in [-0.15, -0.1) is 0 Å². The molecule has 5 nitrogen and oxygen atoms in total. The van der Waals surface area contributed by atoms with Crippen molar-refractivity contribution in [1.29, 1.82) is 0 Å². The quantitative estimate of drug-likeness (QED) is 0.792. The van der Waals surface area contributed by atoms with Gasteiger partial charge in [0.1, 0.15) is 0 Å². The Kier molecular flexibility index (Phi) is 4.78. The predicted octanol–water partition coefficient (Wildman–Crippen LogP) is 3.05. The van der Waals surface area contributed by atoms with Crippen LogP contribution in [0.15, 0.2) is 42.5 Å². The second-order valence-corrected chi connectivity index (χ2v) is 5.00. The molecule has 3 N–H and O–H groups in total. The highest BCUT2D eigenvalue weighted by Gasteiger charge is 2.11. The zero-order chi connectivity index (χ0) is 16.1. The van der Waals surface area contributed by atoms with E-state index in [1.54, 1.807) is 18.2 Å². The third kappa shape index (κ3) is 3.63. The van der Waals surface area contributed by atoms with Gasteiger partial charge in [-0.3, -0.25) is 4.79 Å². The van der Waals surface area contributed by atoms with Crippen molar-refractivity contribution in [3.8, 4) is 0 Å². The molecule has 0 heterocycles. The summed E-state index contributed by atoms with van der Waals surface area (Å²) in [6.45, 7) is 4.05. The third-order valence-corrected chi connectivity index (χ3v) is 3.48. The van der Waals surface area contributed by atoms with Crippen LogP contribution in [0.1, 0.15) is 21.5 Å². The van der Waals surface area contributed by atoms with Crippen LogP contribution in [0.25, 0.3) is 0 Å². The normalized spacial score (nSPS) is 10.1. The monoisotopic (exact) mass is 298 g/mol. The second-order valence-electron chi connectivity index (χ2n) is 5.00. The Hall–Kier alpha value is -2.82. The molecule has 0 aliphatic rings. The summed E-state index contributed by atoms with van der Waals surface area (Å²) in [4.78, 5) is 23.1. The molecule has 2 aromatic rings. The number of hydrogen-bond donors (Lipinski definition) is 3. The number of carbonyl (C=O) groups excluding carboxylic acids is 1. The van der Waals surface area contributed by atoms with E-state index < -0.39 is 5.97 Å². The Balaban J connectivity index is 2.02. The Morgan fingerprint density at radius 1 is 1.00 bits per heavy atom. The fourth-order valence-electron chi connectivity index (χ4n) is 2.09. The molecule has 0 aromatic heterocycles. The highest BCUT2D eigenvalue weighted by molar-refractivity contribution is 6.01. The van der Waals surface area contributed by atoms with E-state index in [4.69, 9.17) is 5.11 Å². The van der Waals surface area contributed by atoms with Crippen LogP contribution in [0, 0.1) is 13.8 Å². The standard InChI is InChI=1S/C17H18N2O3/c1-11-6-5-9-14(12(11)2)18-10-16(20)19-15-8-4-3-7-13(15)17(21)22/h3-9,18H,10H2,1-2H3,(H,19,20)(H,21,22). The van der Waals surface area contributed by atoms with Gasteiger partial charge in [-0.05, 0) is 43.2 Å². The van der Waals surface area contributed by atoms with Crippen molar-refractivity contribution in [2.24, 2.45) is 0 Å². The van der Waals surface area contributed by atoms with E-state index in [1.807, 2.05) is 32.0 Å². The maximum Gasteiger partial charge on any atom is 0.337 e. The minimum atomic E-state index is -1.07. The van der Waals surface area contributed by atoms with E-state index in [9.17, 15) is 9.59 Å². The summed E-state index contributed by atoms with van der Waals surface area (Å²) in [6.07, 6.45) is 0. The zero-order valence-electron chi connectivity index (χ0n) is 12.5. The number of anilines is 2. The number of rotatable bonds is 5. The first-order chi connectivity index (χ1) is 10.5. The molecule has 0 saturated heterocycles. The zero-order valence-corrected chi connectivity index (χ0v) is 12.5. The van der Waals surface area contributed by atoms with Crippen molar-refractivity contribution in [1.82, 2.24) is 0 Å². The molecule has 0 aliphatic carbocycles. The van der Waals surface area contributed by atoms with Gasteiger partial charge < -0.3 is 15.7 Å². The largest absolute Gasteiger partial charge is 0.478 e. The number of carboxylic acids is 1. The van der Waals surface area contributed by atoms with E-state index in [0.29, 0.717) is 5.69 Å². The molecule has 2 rings (SSSR count). The number of carbonyl (C=O) groups is 2. The Morgan fingerprint density at radius 3 is 2.41 bits per heavy atom. The van der Waals surface area contributed by atoms with E-state index in [1.165, 1.54) is 6.07 Å². The summed E-state index contributed by atoms with van der Waals surface area (Å²) in [6, 6.07) is 12.1. The van der Waals surface area contributed by atoms with Crippen LogP contribution in [-0.2, 0) is 4.79 Å². The van der Waals surface area contributed by atoms with Crippen molar-refractivity contribution in [3.05, 3.63) is 59.2 Å². The lowest BCUT2D eigenvalue weighted by molar-refractivity contribution is -0.114. The minimum Gasteiger partial charge on any atom is -0.478 e. The van der Waals surface area contributed by atoms with Gasteiger partial charge >= 0.3 is 5.97 Å². The number of hydrogen-bond acceptors (Lipinski definition) is 3. The molecular weight excluding hydrogens is 280 g/mol. The Morgan fingerprint density at radius 2 is 1.68 bits per heavy atom. The first-order valence-electron chi connectivity index (χ1n) is 6.91. The van der Waals surface area contributed by atoms with Gasteiger partial charge in [-0.2, -0.15) is 0 Å². The van der Waals surface area contributed by atoms with E-state index >= 15 is 0 Å². The third-order valence-electron chi connectivity index (χ3n) is 3.48. The summed E-state index contributed by atoms with van der Waals surface area (Å²) in [5, 5.41) is 14.8. The van der Waals surface area contributed by atoms with Crippen LogP contribution in [0.5, 0.6) is 0 Å². The van der Waals surface area contributed by atoms with E-state index in [-0.39, 0.29) is 18.0 Å². The van der Waals surface area contributed by atoms with Crippen molar-refractivity contribution < 1.29 is 14.7 Å². The molecule has 0 fully saturated rings. The molecule has 22 heavy (non-hydrogen) atoms. The molecule has 2 aromatic carbocycles. The SMILES string of the molecule is Cc1cccc(NCC(=O)Nc2ccccc2C(=O)O)c1C. The number of nitrogens with one attached hydrogen (secondary N) is 2. The molecule has 0 atom stereocenters. The van der Waals surface area contributed by atoms with Gasteiger partial charge in [0.15, 0.2) is 0 Å². The fourth-order valence-corrected chi connectivity index (χ4v) is 2.09. The molecule has 0 spiro atoms. The average molecular weight is 298 g/mol. The van der Waals surface area contributed by atoms with Gasteiger partial charge in [-0.25, -0.2) is 4.79 Å². The van der Waals surface area contributed by atoms with Gasteiger partial charge in [-0.1, -0.05) is 24.3 Å². The summed E-state index contributed by atoms with van der Waals surface area (Å²) in [7, 11) is 0. The summed E-state index contributed by atoms with van der Waals surface area (Å²) >= 11 is 0. The lowest BCUT2D eigenvalue weighted by Crippen LogP contribution is -2.23. The maximum absolute atomic E-state index is 12.0. The number of aryl methyl sites for hydroxylation is 1. The van der Waals surface area contributed by atoms with Gasteiger partial charge in [0.25, 0.3) is 0 Å². The van der Waals surface area contributed by atoms with E-state index in [0.717, 1.165) is 16.8 Å². The molecule has 1 amide bonds. The van der Waals surface area contributed by atoms with Gasteiger partial charge in [0.05, 0.1) is 17.8 Å². The first-order valence-corrected chi connectivity index (χ1v) is 6.91. The van der Waals surface area contributed by atoms with E-state index in [2.05, 4.69) is 10.6 Å². The minimum absolute atomic E-state index is 0.0677.